The first-order chi connectivity index (χ1) is 8.67. The Morgan fingerprint density at radius 2 is 2.33 bits per heavy atom. The van der Waals surface area contributed by atoms with Crippen molar-refractivity contribution in [2.75, 3.05) is 31.7 Å². The van der Waals surface area contributed by atoms with Crippen LogP contribution in [0.5, 0.6) is 5.75 Å². The molecule has 0 amide bonds. The summed E-state index contributed by atoms with van der Waals surface area (Å²) in [4.78, 5) is 13.9. The lowest BCUT2D eigenvalue weighted by Crippen LogP contribution is -2.34. The molecule has 0 radical (unpaired) electrons. The van der Waals surface area contributed by atoms with Crippen molar-refractivity contribution in [2.45, 2.75) is 13.3 Å². The van der Waals surface area contributed by atoms with Crippen LogP contribution in [-0.4, -0.2) is 32.8 Å². The summed E-state index contributed by atoms with van der Waals surface area (Å²) in [5, 5.41) is 0.515. The Kier molecular flexibility index (Phi) is 3.97. The fraction of sp³-hybridized carbons (Fsp3) is 0.462. The van der Waals surface area contributed by atoms with Crippen molar-refractivity contribution < 1.29 is 14.3 Å². The molecule has 0 atom stereocenters. The normalized spacial score (nSPS) is 13.8. The first-order valence-corrected chi connectivity index (χ1v) is 6.34. The number of ether oxygens (including phenoxy) is 2. The van der Waals surface area contributed by atoms with Gasteiger partial charge in [-0.25, -0.2) is 4.79 Å². The number of carbonyl (C=O) groups excluding carboxylic acids is 1. The molecule has 0 aromatic heterocycles. The van der Waals surface area contributed by atoms with Crippen molar-refractivity contribution in [1.82, 2.24) is 0 Å². The maximum absolute atomic E-state index is 11.7. The average Bonchev–Trinajstić information content (AvgIpc) is 2.38. The van der Waals surface area contributed by atoms with Gasteiger partial charge in [0.15, 0.2) is 5.75 Å². The fourth-order valence-corrected chi connectivity index (χ4v) is 2.32. The molecular weight excluding hydrogens is 254 g/mol. The van der Waals surface area contributed by atoms with E-state index >= 15 is 0 Å². The molecule has 1 aromatic rings. The monoisotopic (exact) mass is 269 g/mol. The molecule has 4 nitrogen and oxygen atoms in total. The van der Waals surface area contributed by atoms with Crippen LogP contribution in [0.2, 0.25) is 5.02 Å². The molecule has 2 rings (SSSR count). The van der Waals surface area contributed by atoms with Crippen LogP contribution in [0, 0.1) is 0 Å². The predicted molar refractivity (Wildman–Crippen MR) is 70.8 cm³/mol. The van der Waals surface area contributed by atoms with Gasteiger partial charge < -0.3 is 14.4 Å². The average molecular weight is 270 g/mol. The second-order valence-corrected chi connectivity index (χ2v) is 4.57. The molecule has 0 fully saturated rings. The molecule has 1 aromatic carbocycles. The van der Waals surface area contributed by atoms with Crippen molar-refractivity contribution in [2.24, 2.45) is 0 Å². The summed E-state index contributed by atoms with van der Waals surface area (Å²) in [5.74, 6) is 0.151. The molecule has 0 bridgehead atoms. The molecule has 98 valence electrons. The lowest BCUT2D eigenvalue weighted by atomic mass is 10.1. The van der Waals surface area contributed by atoms with Crippen LogP contribution in [-0.2, 0) is 4.74 Å². The van der Waals surface area contributed by atoms with Crippen LogP contribution >= 0.6 is 11.6 Å². The molecule has 18 heavy (non-hydrogen) atoms. The van der Waals surface area contributed by atoms with E-state index < -0.39 is 5.97 Å². The van der Waals surface area contributed by atoms with Gasteiger partial charge in [-0.3, -0.25) is 0 Å². The van der Waals surface area contributed by atoms with Gasteiger partial charge in [-0.2, -0.15) is 0 Å². The van der Waals surface area contributed by atoms with E-state index in [-0.39, 0.29) is 0 Å². The highest BCUT2D eigenvalue weighted by Gasteiger charge is 2.25. The molecule has 0 N–H and O–H groups in total. The van der Waals surface area contributed by atoms with Crippen LogP contribution in [0.4, 0.5) is 5.69 Å². The van der Waals surface area contributed by atoms with E-state index in [1.807, 2.05) is 6.07 Å². The van der Waals surface area contributed by atoms with Gasteiger partial charge in [0.25, 0.3) is 0 Å². The van der Waals surface area contributed by atoms with Crippen LogP contribution in [0.3, 0.4) is 0 Å². The number of fused-ring (bicyclic) bond motifs is 1. The fourth-order valence-electron chi connectivity index (χ4n) is 2.11. The highest BCUT2D eigenvalue weighted by molar-refractivity contribution is 6.31. The van der Waals surface area contributed by atoms with Gasteiger partial charge in [0, 0.05) is 11.6 Å². The standard InChI is InChI=1S/C13H16ClNO3/c1-3-4-15-5-6-18-12-10(13(16)17-2)7-9(14)8-11(12)15/h7-8H,3-6H2,1-2H3. The van der Waals surface area contributed by atoms with E-state index in [1.165, 1.54) is 7.11 Å². The van der Waals surface area contributed by atoms with Crippen molar-refractivity contribution in [3.8, 4) is 5.75 Å². The molecule has 0 spiro atoms. The minimum Gasteiger partial charge on any atom is -0.489 e. The van der Waals surface area contributed by atoms with E-state index in [9.17, 15) is 4.79 Å². The van der Waals surface area contributed by atoms with Crippen LogP contribution in [0.1, 0.15) is 23.7 Å². The number of methoxy groups -OCH3 is 1. The number of hydrogen-bond acceptors (Lipinski definition) is 4. The van der Waals surface area contributed by atoms with Gasteiger partial charge in [0.2, 0.25) is 0 Å². The molecule has 0 aliphatic carbocycles. The highest BCUT2D eigenvalue weighted by atomic mass is 35.5. The summed E-state index contributed by atoms with van der Waals surface area (Å²) in [7, 11) is 1.35. The number of carbonyl (C=O) groups is 1. The second-order valence-electron chi connectivity index (χ2n) is 4.13. The van der Waals surface area contributed by atoms with E-state index in [2.05, 4.69) is 11.8 Å². The van der Waals surface area contributed by atoms with E-state index in [1.54, 1.807) is 6.07 Å². The molecule has 0 saturated carbocycles. The van der Waals surface area contributed by atoms with Crippen molar-refractivity contribution >= 4 is 23.3 Å². The molecule has 1 heterocycles. The molecule has 0 unspecified atom stereocenters. The Labute approximate surface area is 111 Å². The third kappa shape index (κ3) is 2.38. The summed E-state index contributed by atoms with van der Waals surface area (Å²) in [5.41, 5.74) is 1.26. The summed E-state index contributed by atoms with van der Waals surface area (Å²) >= 11 is 6.06. The zero-order valence-electron chi connectivity index (χ0n) is 10.5. The van der Waals surface area contributed by atoms with E-state index in [0.29, 0.717) is 22.9 Å². The maximum Gasteiger partial charge on any atom is 0.341 e. The molecule has 0 saturated heterocycles. The van der Waals surface area contributed by atoms with Gasteiger partial charge in [-0.1, -0.05) is 18.5 Å². The predicted octanol–water partition coefficient (Wildman–Crippen LogP) is 2.74. The van der Waals surface area contributed by atoms with E-state index in [0.717, 1.165) is 25.2 Å². The first-order valence-electron chi connectivity index (χ1n) is 5.97. The third-order valence-electron chi connectivity index (χ3n) is 2.88. The quantitative estimate of drug-likeness (QED) is 0.791. The molecule has 5 heteroatoms. The van der Waals surface area contributed by atoms with Crippen LogP contribution in [0.25, 0.3) is 0 Å². The minimum absolute atomic E-state index is 0.390. The number of benzene rings is 1. The first kappa shape index (κ1) is 13.0. The zero-order chi connectivity index (χ0) is 13.1. The topological polar surface area (TPSA) is 38.8 Å². The van der Waals surface area contributed by atoms with Crippen molar-refractivity contribution in [3.05, 3.63) is 22.7 Å². The minimum atomic E-state index is -0.424. The van der Waals surface area contributed by atoms with Gasteiger partial charge in [-0.05, 0) is 18.6 Å². The van der Waals surface area contributed by atoms with Gasteiger partial charge in [-0.15, -0.1) is 0 Å². The van der Waals surface area contributed by atoms with Crippen LogP contribution in [0.15, 0.2) is 12.1 Å². The van der Waals surface area contributed by atoms with Crippen LogP contribution < -0.4 is 9.64 Å². The number of rotatable bonds is 3. The number of anilines is 1. The van der Waals surface area contributed by atoms with Gasteiger partial charge >= 0.3 is 5.97 Å². The summed E-state index contributed by atoms with van der Waals surface area (Å²) in [6, 6.07) is 3.42. The number of nitrogens with zero attached hydrogens (tertiary/aromatic N) is 1. The Bertz CT molecular complexity index is 462. The number of esters is 1. The number of halogens is 1. The van der Waals surface area contributed by atoms with Crippen molar-refractivity contribution in [3.63, 3.8) is 0 Å². The molecular formula is C13H16ClNO3. The SMILES string of the molecule is CCCN1CCOc2c(C(=O)OC)cc(Cl)cc21. The lowest BCUT2D eigenvalue weighted by molar-refractivity contribution is 0.0595. The maximum atomic E-state index is 11.7. The Morgan fingerprint density at radius 3 is 3.00 bits per heavy atom. The summed E-state index contributed by atoms with van der Waals surface area (Å²) in [6.07, 6.45) is 1.03. The lowest BCUT2D eigenvalue weighted by Gasteiger charge is -2.32. The smallest absolute Gasteiger partial charge is 0.341 e. The number of hydrogen-bond donors (Lipinski definition) is 0. The third-order valence-corrected chi connectivity index (χ3v) is 3.10. The highest BCUT2D eigenvalue weighted by Crippen LogP contribution is 2.38. The largest absolute Gasteiger partial charge is 0.489 e. The molecule has 1 aliphatic heterocycles. The van der Waals surface area contributed by atoms with Gasteiger partial charge in [0.05, 0.1) is 19.3 Å². The summed E-state index contributed by atoms with van der Waals surface area (Å²) < 4.78 is 10.4. The summed E-state index contributed by atoms with van der Waals surface area (Å²) in [6.45, 7) is 4.40. The second kappa shape index (κ2) is 5.48. The Morgan fingerprint density at radius 1 is 1.56 bits per heavy atom. The van der Waals surface area contributed by atoms with Crippen molar-refractivity contribution in [1.29, 1.82) is 0 Å². The molecule has 1 aliphatic rings. The van der Waals surface area contributed by atoms with Gasteiger partial charge in [0.1, 0.15) is 12.2 Å². The Hall–Kier alpha value is -1.42. The zero-order valence-corrected chi connectivity index (χ0v) is 11.3. The Balaban J connectivity index is 2.48. The van der Waals surface area contributed by atoms with E-state index in [4.69, 9.17) is 21.1 Å².